The van der Waals surface area contributed by atoms with Crippen LogP contribution < -0.4 is 5.32 Å². The summed E-state index contributed by atoms with van der Waals surface area (Å²) < 4.78 is 31.3. The van der Waals surface area contributed by atoms with Gasteiger partial charge < -0.3 is 5.32 Å². The van der Waals surface area contributed by atoms with E-state index in [2.05, 4.69) is 21.8 Å². The molecule has 0 aliphatic rings. The summed E-state index contributed by atoms with van der Waals surface area (Å²) in [5.41, 5.74) is 0.880. The smallest absolute Gasteiger partial charge is 0.133 e. The standard InChI is InChI=1S/C13H15F2N3S/c1-3-4-16-7-12-13(17-18-19-12)9-6-10(14)8(2)5-11(9)15/h5-6,16H,3-4,7H2,1-2H3. The Morgan fingerprint density at radius 3 is 2.79 bits per heavy atom. The van der Waals surface area contributed by atoms with Crippen LogP contribution in [-0.4, -0.2) is 16.1 Å². The maximum atomic E-state index is 13.9. The maximum absolute atomic E-state index is 13.9. The normalized spacial score (nSPS) is 10.9. The van der Waals surface area contributed by atoms with Crippen molar-refractivity contribution in [1.82, 2.24) is 14.9 Å². The third-order valence-corrected chi connectivity index (χ3v) is 3.49. The minimum atomic E-state index is -0.469. The van der Waals surface area contributed by atoms with Crippen molar-refractivity contribution in [2.75, 3.05) is 6.54 Å². The highest BCUT2D eigenvalue weighted by Crippen LogP contribution is 2.28. The van der Waals surface area contributed by atoms with Crippen molar-refractivity contribution < 1.29 is 8.78 Å². The fraction of sp³-hybridized carbons (Fsp3) is 0.385. The molecule has 0 aliphatic heterocycles. The Morgan fingerprint density at radius 1 is 1.26 bits per heavy atom. The number of halogens is 2. The van der Waals surface area contributed by atoms with Crippen molar-refractivity contribution in [1.29, 1.82) is 0 Å². The molecule has 0 radical (unpaired) electrons. The molecule has 2 rings (SSSR count). The molecule has 19 heavy (non-hydrogen) atoms. The van der Waals surface area contributed by atoms with Crippen molar-refractivity contribution >= 4 is 11.5 Å². The number of rotatable bonds is 5. The van der Waals surface area contributed by atoms with Crippen LogP contribution in [0.25, 0.3) is 11.3 Å². The first kappa shape index (κ1) is 14.0. The molecule has 6 heteroatoms. The maximum Gasteiger partial charge on any atom is 0.133 e. The first-order valence-electron chi connectivity index (χ1n) is 6.11. The van der Waals surface area contributed by atoms with Gasteiger partial charge in [0.25, 0.3) is 0 Å². The van der Waals surface area contributed by atoms with Crippen LogP contribution in [0, 0.1) is 18.6 Å². The number of hydrogen-bond acceptors (Lipinski definition) is 4. The van der Waals surface area contributed by atoms with Gasteiger partial charge in [0.05, 0.1) is 4.88 Å². The number of aryl methyl sites for hydroxylation is 1. The van der Waals surface area contributed by atoms with E-state index in [1.807, 2.05) is 0 Å². The Morgan fingerprint density at radius 2 is 2.05 bits per heavy atom. The van der Waals surface area contributed by atoms with Crippen molar-refractivity contribution in [3.63, 3.8) is 0 Å². The molecule has 0 fully saturated rings. The molecule has 0 saturated carbocycles. The van der Waals surface area contributed by atoms with E-state index in [0.29, 0.717) is 12.2 Å². The van der Waals surface area contributed by atoms with E-state index in [-0.39, 0.29) is 11.1 Å². The predicted octanol–water partition coefficient (Wildman–Crippen LogP) is 3.29. The average Bonchev–Trinajstić information content (AvgIpc) is 2.82. The zero-order chi connectivity index (χ0) is 13.8. The van der Waals surface area contributed by atoms with Crippen LogP contribution in [0.4, 0.5) is 8.78 Å². The van der Waals surface area contributed by atoms with E-state index in [9.17, 15) is 8.78 Å². The largest absolute Gasteiger partial charge is 0.312 e. The van der Waals surface area contributed by atoms with Gasteiger partial charge in [-0.2, -0.15) is 0 Å². The van der Waals surface area contributed by atoms with Gasteiger partial charge in [0.1, 0.15) is 17.3 Å². The van der Waals surface area contributed by atoms with Crippen LogP contribution in [0.1, 0.15) is 23.8 Å². The molecule has 1 heterocycles. The second-order valence-corrected chi connectivity index (χ2v) is 5.14. The summed E-state index contributed by atoms with van der Waals surface area (Å²) in [6.07, 6.45) is 1.01. The fourth-order valence-electron chi connectivity index (χ4n) is 1.74. The lowest BCUT2D eigenvalue weighted by Crippen LogP contribution is -2.13. The summed E-state index contributed by atoms with van der Waals surface area (Å²) in [5.74, 6) is -0.903. The van der Waals surface area contributed by atoms with Crippen molar-refractivity contribution in [2.24, 2.45) is 0 Å². The lowest BCUT2D eigenvalue weighted by molar-refractivity contribution is 0.594. The van der Waals surface area contributed by atoms with E-state index in [1.165, 1.54) is 30.6 Å². The summed E-state index contributed by atoms with van der Waals surface area (Å²) in [7, 11) is 0. The highest BCUT2D eigenvalue weighted by atomic mass is 32.1. The quantitative estimate of drug-likeness (QED) is 0.856. The predicted molar refractivity (Wildman–Crippen MR) is 72.0 cm³/mol. The summed E-state index contributed by atoms with van der Waals surface area (Å²) in [5, 5.41) is 7.13. The van der Waals surface area contributed by atoms with Crippen LogP contribution in [0.2, 0.25) is 0 Å². The summed E-state index contributed by atoms with van der Waals surface area (Å²) in [6, 6.07) is 2.37. The molecule has 0 aliphatic carbocycles. The van der Waals surface area contributed by atoms with Crippen molar-refractivity contribution in [2.45, 2.75) is 26.8 Å². The lowest BCUT2D eigenvalue weighted by Gasteiger charge is -2.05. The number of aromatic nitrogens is 2. The zero-order valence-corrected chi connectivity index (χ0v) is 11.7. The summed E-state index contributed by atoms with van der Waals surface area (Å²) >= 11 is 1.20. The van der Waals surface area contributed by atoms with Crippen LogP contribution >= 0.6 is 11.5 Å². The highest BCUT2D eigenvalue weighted by molar-refractivity contribution is 7.05. The second kappa shape index (κ2) is 6.16. The molecule has 2 aromatic rings. The zero-order valence-electron chi connectivity index (χ0n) is 10.8. The van der Waals surface area contributed by atoms with Gasteiger partial charge in [0.2, 0.25) is 0 Å². The average molecular weight is 283 g/mol. The van der Waals surface area contributed by atoms with E-state index in [1.54, 1.807) is 0 Å². The Hall–Kier alpha value is -1.40. The van der Waals surface area contributed by atoms with Crippen LogP contribution in [0.5, 0.6) is 0 Å². The van der Waals surface area contributed by atoms with Gasteiger partial charge in [0.15, 0.2) is 0 Å². The van der Waals surface area contributed by atoms with Gasteiger partial charge in [-0.05, 0) is 49.1 Å². The third kappa shape index (κ3) is 3.13. The fourth-order valence-corrected chi connectivity index (χ4v) is 2.36. The first-order valence-corrected chi connectivity index (χ1v) is 6.88. The molecule has 0 bridgehead atoms. The minimum absolute atomic E-state index is 0.171. The molecule has 1 aromatic carbocycles. The van der Waals surface area contributed by atoms with Gasteiger partial charge in [0, 0.05) is 12.1 Å². The molecule has 1 N–H and O–H groups in total. The SMILES string of the molecule is CCCNCc1snnc1-c1cc(F)c(C)cc1F. The number of benzene rings is 1. The van der Waals surface area contributed by atoms with Gasteiger partial charge in [-0.25, -0.2) is 8.78 Å². The van der Waals surface area contributed by atoms with Gasteiger partial charge in [-0.1, -0.05) is 11.4 Å². The molecule has 0 unspecified atom stereocenters. The molecule has 1 aromatic heterocycles. The molecule has 0 amide bonds. The van der Waals surface area contributed by atoms with Crippen molar-refractivity contribution in [3.05, 3.63) is 34.2 Å². The van der Waals surface area contributed by atoms with E-state index >= 15 is 0 Å². The molecule has 0 spiro atoms. The van der Waals surface area contributed by atoms with Gasteiger partial charge in [-0.15, -0.1) is 5.10 Å². The molecule has 0 atom stereocenters. The molecular weight excluding hydrogens is 268 g/mol. The summed E-state index contributed by atoms with van der Waals surface area (Å²) in [4.78, 5) is 0.815. The number of nitrogens with zero attached hydrogens (tertiary/aromatic N) is 2. The Balaban J connectivity index is 2.32. The first-order chi connectivity index (χ1) is 9.13. The van der Waals surface area contributed by atoms with Gasteiger partial charge in [-0.3, -0.25) is 0 Å². The number of hydrogen-bond donors (Lipinski definition) is 1. The molecular formula is C13H15F2N3S. The third-order valence-electron chi connectivity index (χ3n) is 2.77. The van der Waals surface area contributed by atoms with Gasteiger partial charge >= 0.3 is 0 Å². The van der Waals surface area contributed by atoms with Crippen LogP contribution in [0.3, 0.4) is 0 Å². The van der Waals surface area contributed by atoms with Crippen LogP contribution in [0.15, 0.2) is 12.1 Å². The van der Waals surface area contributed by atoms with Crippen molar-refractivity contribution in [3.8, 4) is 11.3 Å². The molecule has 102 valence electrons. The van der Waals surface area contributed by atoms with E-state index < -0.39 is 11.6 Å². The highest BCUT2D eigenvalue weighted by Gasteiger charge is 2.16. The Bertz CT molecular complexity index is 569. The lowest BCUT2D eigenvalue weighted by atomic mass is 10.1. The monoisotopic (exact) mass is 283 g/mol. The molecule has 0 saturated heterocycles. The van der Waals surface area contributed by atoms with E-state index in [0.717, 1.165) is 17.8 Å². The second-order valence-electron chi connectivity index (χ2n) is 4.30. The van der Waals surface area contributed by atoms with Crippen LogP contribution in [-0.2, 0) is 6.54 Å². The number of nitrogens with one attached hydrogen (secondary N) is 1. The minimum Gasteiger partial charge on any atom is -0.312 e. The summed E-state index contributed by atoms with van der Waals surface area (Å²) in [6.45, 7) is 5.02. The Labute approximate surface area is 114 Å². The van der Waals surface area contributed by atoms with E-state index in [4.69, 9.17) is 0 Å². The Kier molecular flexibility index (Phi) is 4.55. The topological polar surface area (TPSA) is 37.8 Å². The molecule has 3 nitrogen and oxygen atoms in total.